The third kappa shape index (κ3) is 2.48. The smallest absolute Gasteiger partial charge is 0.132 e. The Morgan fingerprint density at radius 2 is 2.38 bits per heavy atom. The van der Waals surface area contributed by atoms with Crippen molar-refractivity contribution in [3.63, 3.8) is 0 Å². The molecule has 0 radical (unpaired) electrons. The maximum absolute atomic E-state index is 5.47. The van der Waals surface area contributed by atoms with Gasteiger partial charge in [-0.15, -0.1) is 0 Å². The average Bonchev–Trinajstić information content (AvgIpc) is 2.29. The molecule has 16 heavy (non-hydrogen) atoms. The molecule has 88 valence electrons. The molecule has 1 aromatic rings. The number of rotatable bonds is 4. The lowest BCUT2D eigenvalue weighted by atomic mass is 10.1. The van der Waals surface area contributed by atoms with Crippen molar-refractivity contribution in [2.75, 3.05) is 32.0 Å². The first-order chi connectivity index (χ1) is 7.81. The van der Waals surface area contributed by atoms with E-state index < -0.39 is 0 Å². The molecular weight excluding hydrogens is 202 g/mol. The second-order valence-electron chi connectivity index (χ2n) is 4.20. The van der Waals surface area contributed by atoms with Gasteiger partial charge in [-0.3, -0.25) is 0 Å². The summed E-state index contributed by atoms with van der Waals surface area (Å²) in [6, 6.07) is 0. The summed E-state index contributed by atoms with van der Waals surface area (Å²) in [5.74, 6) is 0.992. The highest BCUT2D eigenvalue weighted by atomic mass is 15.1. The van der Waals surface area contributed by atoms with Gasteiger partial charge in [0.15, 0.2) is 0 Å². The van der Waals surface area contributed by atoms with Gasteiger partial charge < -0.3 is 16.0 Å². The SMILES string of the molecule is CN1CCc2c(ncnc2NCCCN)C1. The number of hydrogen-bond donors (Lipinski definition) is 2. The summed E-state index contributed by atoms with van der Waals surface area (Å²) in [7, 11) is 2.12. The number of hydrogen-bond acceptors (Lipinski definition) is 5. The Hall–Kier alpha value is -1.20. The van der Waals surface area contributed by atoms with E-state index in [0.717, 1.165) is 44.0 Å². The second-order valence-corrected chi connectivity index (χ2v) is 4.20. The van der Waals surface area contributed by atoms with Crippen LogP contribution in [0.1, 0.15) is 17.7 Å². The molecule has 0 aliphatic carbocycles. The molecule has 0 bridgehead atoms. The molecule has 0 aromatic carbocycles. The van der Waals surface area contributed by atoms with Crippen LogP contribution >= 0.6 is 0 Å². The average molecular weight is 221 g/mol. The van der Waals surface area contributed by atoms with E-state index in [2.05, 4.69) is 27.2 Å². The van der Waals surface area contributed by atoms with Gasteiger partial charge in [-0.05, 0) is 26.4 Å². The van der Waals surface area contributed by atoms with Crippen molar-refractivity contribution in [3.8, 4) is 0 Å². The van der Waals surface area contributed by atoms with E-state index >= 15 is 0 Å². The molecule has 1 aliphatic heterocycles. The highest BCUT2D eigenvalue weighted by molar-refractivity contribution is 5.46. The maximum Gasteiger partial charge on any atom is 0.132 e. The fourth-order valence-corrected chi connectivity index (χ4v) is 1.95. The molecular formula is C11H19N5. The van der Waals surface area contributed by atoms with Gasteiger partial charge in [-0.1, -0.05) is 0 Å². The van der Waals surface area contributed by atoms with Gasteiger partial charge >= 0.3 is 0 Å². The van der Waals surface area contributed by atoms with Crippen LogP contribution in [0.2, 0.25) is 0 Å². The normalized spacial score (nSPS) is 15.9. The fourth-order valence-electron chi connectivity index (χ4n) is 1.95. The number of likely N-dealkylation sites (N-methyl/N-ethyl adjacent to an activating group) is 1. The number of fused-ring (bicyclic) bond motifs is 1. The van der Waals surface area contributed by atoms with Gasteiger partial charge in [0, 0.05) is 25.2 Å². The van der Waals surface area contributed by atoms with Gasteiger partial charge in [0.1, 0.15) is 12.1 Å². The summed E-state index contributed by atoms with van der Waals surface area (Å²) < 4.78 is 0. The van der Waals surface area contributed by atoms with Crippen molar-refractivity contribution < 1.29 is 0 Å². The molecule has 5 heteroatoms. The van der Waals surface area contributed by atoms with E-state index in [0.29, 0.717) is 6.54 Å². The van der Waals surface area contributed by atoms with E-state index in [1.807, 2.05) is 0 Å². The number of nitrogens with two attached hydrogens (primary N) is 1. The summed E-state index contributed by atoms with van der Waals surface area (Å²) in [5.41, 5.74) is 7.90. The summed E-state index contributed by atoms with van der Waals surface area (Å²) in [6.07, 6.45) is 3.64. The van der Waals surface area contributed by atoms with Crippen LogP contribution in [-0.4, -0.2) is 41.5 Å². The highest BCUT2D eigenvalue weighted by Gasteiger charge is 2.17. The van der Waals surface area contributed by atoms with Crippen LogP contribution in [0.15, 0.2) is 6.33 Å². The molecule has 0 spiro atoms. The molecule has 0 amide bonds. The topological polar surface area (TPSA) is 67.1 Å². The van der Waals surface area contributed by atoms with E-state index in [4.69, 9.17) is 5.73 Å². The zero-order valence-corrected chi connectivity index (χ0v) is 9.74. The van der Waals surface area contributed by atoms with Crippen molar-refractivity contribution in [1.29, 1.82) is 0 Å². The summed E-state index contributed by atoms with van der Waals surface area (Å²) in [6.45, 7) is 3.59. The minimum absolute atomic E-state index is 0.711. The Morgan fingerprint density at radius 1 is 1.50 bits per heavy atom. The lowest BCUT2D eigenvalue weighted by molar-refractivity contribution is 0.307. The molecule has 5 nitrogen and oxygen atoms in total. The molecule has 0 saturated carbocycles. The monoisotopic (exact) mass is 221 g/mol. The van der Waals surface area contributed by atoms with Crippen molar-refractivity contribution in [2.24, 2.45) is 5.73 Å². The Balaban J connectivity index is 2.10. The fraction of sp³-hybridized carbons (Fsp3) is 0.636. The van der Waals surface area contributed by atoms with Crippen molar-refractivity contribution in [3.05, 3.63) is 17.6 Å². The van der Waals surface area contributed by atoms with Crippen LogP contribution in [0.4, 0.5) is 5.82 Å². The van der Waals surface area contributed by atoms with Crippen molar-refractivity contribution in [2.45, 2.75) is 19.4 Å². The molecule has 1 aromatic heterocycles. The van der Waals surface area contributed by atoms with Crippen LogP contribution < -0.4 is 11.1 Å². The first-order valence-corrected chi connectivity index (χ1v) is 5.76. The molecule has 2 rings (SSSR count). The van der Waals surface area contributed by atoms with E-state index in [9.17, 15) is 0 Å². The largest absolute Gasteiger partial charge is 0.370 e. The molecule has 0 atom stereocenters. The maximum atomic E-state index is 5.47. The van der Waals surface area contributed by atoms with Crippen molar-refractivity contribution in [1.82, 2.24) is 14.9 Å². The zero-order valence-electron chi connectivity index (χ0n) is 9.74. The van der Waals surface area contributed by atoms with Crippen LogP contribution in [0, 0.1) is 0 Å². The summed E-state index contributed by atoms with van der Waals surface area (Å²) in [5, 5.41) is 3.34. The van der Waals surface area contributed by atoms with E-state index in [1.165, 1.54) is 5.56 Å². The zero-order chi connectivity index (χ0) is 11.4. The lowest BCUT2D eigenvalue weighted by Crippen LogP contribution is -2.28. The van der Waals surface area contributed by atoms with Gasteiger partial charge in [0.05, 0.1) is 5.69 Å². The number of nitrogens with one attached hydrogen (secondary N) is 1. The van der Waals surface area contributed by atoms with Crippen LogP contribution in [0.3, 0.4) is 0 Å². The molecule has 3 N–H and O–H groups in total. The van der Waals surface area contributed by atoms with Crippen LogP contribution in [0.5, 0.6) is 0 Å². The summed E-state index contributed by atoms with van der Waals surface area (Å²) in [4.78, 5) is 10.9. The first kappa shape index (κ1) is 11.3. The predicted octanol–water partition coefficient (Wildman–Crippen LogP) is 0.225. The third-order valence-corrected chi connectivity index (χ3v) is 2.87. The molecule has 2 heterocycles. The first-order valence-electron chi connectivity index (χ1n) is 5.76. The second kappa shape index (κ2) is 5.23. The highest BCUT2D eigenvalue weighted by Crippen LogP contribution is 2.21. The predicted molar refractivity (Wildman–Crippen MR) is 64.2 cm³/mol. The number of nitrogens with zero attached hydrogens (tertiary/aromatic N) is 3. The Bertz CT molecular complexity index is 352. The minimum atomic E-state index is 0.711. The number of aromatic nitrogens is 2. The van der Waals surface area contributed by atoms with Crippen LogP contribution in [-0.2, 0) is 13.0 Å². The molecule has 1 aliphatic rings. The Kier molecular flexibility index (Phi) is 3.69. The van der Waals surface area contributed by atoms with Crippen molar-refractivity contribution >= 4 is 5.82 Å². The van der Waals surface area contributed by atoms with Gasteiger partial charge in [0.2, 0.25) is 0 Å². The van der Waals surface area contributed by atoms with Gasteiger partial charge in [-0.2, -0.15) is 0 Å². The quantitative estimate of drug-likeness (QED) is 0.712. The van der Waals surface area contributed by atoms with E-state index in [-0.39, 0.29) is 0 Å². The lowest BCUT2D eigenvalue weighted by Gasteiger charge is -2.25. The third-order valence-electron chi connectivity index (χ3n) is 2.87. The van der Waals surface area contributed by atoms with E-state index in [1.54, 1.807) is 6.33 Å². The molecule has 0 saturated heterocycles. The number of anilines is 1. The standard InChI is InChI=1S/C11H19N5/c1-16-6-3-9-10(7-16)14-8-15-11(9)13-5-2-4-12/h8H,2-7,12H2,1H3,(H,13,14,15). The van der Waals surface area contributed by atoms with Gasteiger partial charge in [-0.25, -0.2) is 9.97 Å². The molecule has 0 fully saturated rings. The Labute approximate surface area is 96.1 Å². The summed E-state index contributed by atoms with van der Waals surface area (Å²) >= 11 is 0. The Morgan fingerprint density at radius 3 is 3.19 bits per heavy atom. The van der Waals surface area contributed by atoms with Crippen LogP contribution in [0.25, 0.3) is 0 Å². The van der Waals surface area contributed by atoms with Gasteiger partial charge in [0.25, 0.3) is 0 Å². The minimum Gasteiger partial charge on any atom is -0.370 e. The molecule has 0 unspecified atom stereocenters.